The molecule has 104 valence electrons. The normalized spacial score (nSPS) is 10.1. The summed E-state index contributed by atoms with van der Waals surface area (Å²) in [6.45, 7) is 1.94. The van der Waals surface area contributed by atoms with Crippen LogP contribution in [0.4, 0.5) is 23.2 Å². The van der Waals surface area contributed by atoms with Crippen LogP contribution in [-0.4, -0.2) is 14.1 Å². The summed E-state index contributed by atoms with van der Waals surface area (Å²) < 4.78 is 54.6. The summed E-state index contributed by atoms with van der Waals surface area (Å²) >= 11 is 0. The molecule has 1 nitrogen and oxygen atoms in total. The molecule has 0 aliphatic rings. The first-order valence-corrected chi connectivity index (χ1v) is 5.93. The maximum Gasteiger partial charge on any atom is 0.186 e. The minimum atomic E-state index is -1.45. The highest BCUT2D eigenvalue weighted by molar-refractivity contribution is 5.54. The molecule has 0 heterocycles. The first-order valence-electron chi connectivity index (χ1n) is 5.93. The van der Waals surface area contributed by atoms with Crippen molar-refractivity contribution in [3.63, 3.8) is 0 Å². The molecule has 1 aromatic carbocycles. The lowest BCUT2D eigenvalue weighted by Crippen LogP contribution is -2.16. The van der Waals surface area contributed by atoms with Crippen LogP contribution in [0.1, 0.15) is 31.7 Å². The molecule has 0 N–H and O–H groups in total. The Hall–Kier alpha value is -1.70. The second-order valence-corrected chi connectivity index (χ2v) is 4.28. The Labute approximate surface area is 110 Å². The van der Waals surface area contributed by atoms with Gasteiger partial charge in [0.1, 0.15) is 11.3 Å². The fourth-order valence-corrected chi connectivity index (χ4v) is 1.54. The van der Waals surface area contributed by atoms with Crippen molar-refractivity contribution in [3.05, 3.63) is 28.8 Å². The van der Waals surface area contributed by atoms with E-state index >= 15 is 0 Å². The summed E-state index contributed by atoms with van der Waals surface area (Å²) in [5, 5.41) is 0. The Morgan fingerprint density at radius 3 is 1.89 bits per heavy atom. The monoisotopic (exact) mass is 273 g/mol. The Morgan fingerprint density at radius 1 is 0.947 bits per heavy atom. The number of benzene rings is 1. The molecule has 0 saturated carbocycles. The Bertz CT molecular complexity index is 497. The number of rotatable bonds is 3. The second kappa shape index (κ2) is 6.46. The molecule has 5 heteroatoms. The van der Waals surface area contributed by atoms with E-state index in [1.807, 2.05) is 6.92 Å². The van der Waals surface area contributed by atoms with Gasteiger partial charge in [0.15, 0.2) is 23.3 Å². The molecule has 0 aliphatic heterocycles. The first-order chi connectivity index (χ1) is 8.91. The van der Waals surface area contributed by atoms with Crippen molar-refractivity contribution in [1.82, 2.24) is 0 Å². The van der Waals surface area contributed by atoms with Gasteiger partial charge >= 0.3 is 0 Å². The number of nitrogens with zero attached hydrogens (tertiary/aromatic N) is 1. The van der Waals surface area contributed by atoms with E-state index in [9.17, 15) is 17.6 Å². The van der Waals surface area contributed by atoms with Crippen molar-refractivity contribution < 1.29 is 17.6 Å². The first kappa shape index (κ1) is 15.4. The van der Waals surface area contributed by atoms with Gasteiger partial charge in [0.05, 0.1) is 0 Å². The fourth-order valence-electron chi connectivity index (χ4n) is 1.54. The summed E-state index contributed by atoms with van der Waals surface area (Å²) in [4.78, 5) is 0.977. The maximum absolute atomic E-state index is 13.7. The summed E-state index contributed by atoms with van der Waals surface area (Å²) in [6.07, 6.45) is 2.06. The predicted molar refractivity (Wildman–Crippen MR) is 67.0 cm³/mol. The van der Waals surface area contributed by atoms with Crippen LogP contribution in [0.15, 0.2) is 0 Å². The average Bonchev–Trinajstić information content (AvgIpc) is 2.35. The van der Waals surface area contributed by atoms with Crippen molar-refractivity contribution in [2.75, 3.05) is 19.0 Å². The van der Waals surface area contributed by atoms with Crippen LogP contribution in [0.3, 0.4) is 0 Å². The molecule has 1 aromatic rings. The van der Waals surface area contributed by atoms with Gasteiger partial charge in [0.25, 0.3) is 0 Å². The summed E-state index contributed by atoms with van der Waals surface area (Å²) in [7, 11) is 2.60. The van der Waals surface area contributed by atoms with E-state index in [1.54, 1.807) is 0 Å². The number of hydrogen-bond donors (Lipinski definition) is 0. The highest BCUT2D eigenvalue weighted by Crippen LogP contribution is 2.29. The van der Waals surface area contributed by atoms with E-state index in [0.717, 1.165) is 17.7 Å². The third-order valence-electron chi connectivity index (χ3n) is 2.56. The molecule has 0 radical (unpaired) electrons. The smallest absolute Gasteiger partial charge is 0.186 e. The zero-order valence-corrected chi connectivity index (χ0v) is 11.1. The molecule has 0 bridgehead atoms. The van der Waals surface area contributed by atoms with Gasteiger partial charge in [-0.1, -0.05) is 25.2 Å². The van der Waals surface area contributed by atoms with E-state index in [1.165, 1.54) is 14.1 Å². The second-order valence-electron chi connectivity index (χ2n) is 4.28. The number of hydrogen-bond acceptors (Lipinski definition) is 1. The molecule has 0 aliphatic carbocycles. The lowest BCUT2D eigenvalue weighted by atomic mass is 10.1. The largest absolute Gasteiger partial charge is 0.373 e. The van der Waals surface area contributed by atoms with Gasteiger partial charge in [-0.25, -0.2) is 17.6 Å². The molecule has 0 atom stereocenters. The SMILES string of the molecule is CCCCC#Cc1c(F)c(F)c(N(C)C)c(F)c1F. The van der Waals surface area contributed by atoms with Crippen LogP contribution in [0, 0.1) is 35.1 Å². The lowest BCUT2D eigenvalue weighted by molar-refractivity contribution is 0.451. The van der Waals surface area contributed by atoms with E-state index in [-0.39, 0.29) is 0 Å². The zero-order valence-electron chi connectivity index (χ0n) is 11.1. The average molecular weight is 273 g/mol. The predicted octanol–water partition coefficient (Wildman–Crippen LogP) is 3.85. The molecular weight excluding hydrogens is 258 g/mol. The minimum absolute atomic E-state index is 0.425. The van der Waals surface area contributed by atoms with Crippen molar-refractivity contribution in [2.45, 2.75) is 26.2 Å². The summed E-state index contributed by atoms with van der Waals surface area (Å²) in [5.74, 6) is -1.08. The molecule has 0 spiro atoms. The molecule has 19 heavy (non-hydrogen) atoms. The molecule has 0 unspecified atom stereocenters. The van der Waals surface area contributed by atoms with Crippen molar-refractivity contribution in [3.8, 4) is 11.8 Å². The van der Waals surface area contributed by atoms with Crippen molar-refractivity contribution in [2.24, 2.45) is 0 Å². The van der Waals surface area contributed by atoms with E-state index in [2.05, 4.69) is 11.8 Å². The van der Waals surface area contributed by atoms with Gasteiger partial charge < -0.3 is 4.90 Å². The highest BCUT2D eigenvalue weighted by Gasteiger charge is 2.25. The molecule has 0 fully saturated rings. The zero-order chi connectivity index (χ0) is 14.6. The van der Waals surface area contributed by atoms with E-state index in [0.29, 0.717) is 6.42 Å². The summed E-state index contributed by atoms with van der Waals surface area (Å²) in [6, 6.07) is 0. The quantitative estimate of drug-likeness (QED) is 0.350. The minimum Gasteiger partial charge on any atom is -0.373 e. The number of anilines is 1. The van der Waals surface area contributed by atoms with Gasteiger partial charge in [0, 0.05) is 20.5 Å². The van der Waals surface area contributed by atoms with Gasteiger partial charge in [0.2, 0.25) is 0 Å². The topological polar surface area (TPSA) is 3.24 Å². The third kappa shape index (κ3) is 3.19. The third-order valence-corrected chi connectivity index (χ3v) is 2.56. The highest BCUT2D eigenvalue weighted by atomic mass is 19.2. The molecule has 0 aromatic heterocycles. The standard InChI is InChI=1S/C14H15F4N/c1-4-5-6-7-8-9-10(15)12(17)14(19(2)3)13(18)11(9)16/h4-6H2,1-3H3. The van der Waals surface area contributed by atoms with Crippen molar-refractivity contribution >= 4 is 5.69 Å². The molecule has 0 saturated heterocycles. The molecular formula is C14H15F4N. The van der Waals surface area contributed by atoms with Crippen LogP contribution < -0.4 is 4.90 Å². The van der Waals surface area contributed by atoms with Gasteiger partial charge in [-0.15, -0.1) is 0 Å². The summed E-state index contributed by atoms with van der Waals surface area (Å²) in [5.41, 5.74) is -1.59. The van der Waals surface area contributed by atoms with Crippen LogP contribution >= 0.6 is 0 Å². The van der Waals surface area contributed by atoms with Gasteiger partial charge in [-0.3, -0.25) is 0 Å². The van der Waals surface area contributed by atoms with Gasteiger partial charge in [-0.2, -0.15) is 0 Å². The van der Waals surface area contributed by atoms with Gasteiger partial charge in [-0.05, 0) is 6.42 Å². The Balaban J connectivity index is 3.31. The number of unbranched alkanes of at least 4 members (excludes halogenated alkanes) is 2. The van der Waals surface area contributed by atoms with Crippen LogP contribution in [0.25, 0.3) is 0 Å². The number of halogens is 4. The van der Waals surface area contributed by atoms with E-state index < -0.39 is 34.5 Å². The van der Waals surface area contributed by atoms with Crippen LogP contribution in [-0.2, 0) is 0 Å². The van der Waals surface area contributed by atoms with Crippen LogP contribution in [0.5, 0.6) is 0 Å². The Kier molecular flexibility index (Phi) is 5.22. The van der Waals surface area contributed by atoms with E-state index in [4.69, 9.17) is 0 Å². The lowest BCUT2D eigenvalue weighted by Gasteiger charge is -2.16. The molecule has 0 amide bonds. The van der Waals surface area contributed by atoms with Crippen LogP contribution in [0.2, 0.25) is 0 Å². The maximum atomic E-state index is 13.7. The van der Waals surface area contributed by atoms with Crippen molar-refractivity contribution in [1.29, 1.82) is 0 Å². The molecule has 1 rings (SSSR count). The fraction of sp³-hybridized carbons (Fsp3) is 0.429. The Morgan fingerprint density at radius 2 is 1.47 bits per heavy atom.